The van der Waals surface area contributed by atoms with Crippen LogP contribution in [-0.4, -0.2) is 36.9 Å². The largest absolute Gasteiger partial charge is 0.324 e. The minimum atomic E-state index is 0.750. The Bertz CT molecular complexity index is 116. The zero-order valence-corrected chi connectivity index (χ0v) is 12.1. The molecule has 0 aromatic rings. The molecular weight excluding hydrogens is 198 g/mol. The van der Waals surface area contributed by atoms with Gasteiger partial charge in [-0.25, -0.2) is 0 Å². The van der Waals surface area contributed by atoms with Gasteiger partial charge in [-0.3, -0.25) is 0 Å². The van der Waals surface area contributed by atoms with Crippen molar-refractivity contribution in [2.24, 2.45) is 0 Å². The molecule has 0 radical (unpaired) electrons. The van der Waals surface area contributed by atoms with Crippen molar-refractivity contribution < 1.29 is 9.28 Å². The van der Waals surface area contributed by atoms with Crippen molar-refractivity contribution in [2.45, 2.75) is 60.3 Å². The summed E-state index contributed by atoms with van der Waals surface area (Å²) in [6, 6.07) is 0. The predicted octanol–water partition coefficient (Wildman–Crippen LogP) is 3.65. The third kappa shape index (κ3) is 8.90. The highest BCUT2D eigenvalue weighted by molar-refractivity contribution is 5.44. The summed E-state index contributed by atoms with van der Waals surface area (Å²) >= 11 is 0. The molecule has 0 aliphatic rings. The van der Waals surface area contributed by atoms with E-state index < -0.39 is 0 Å². The maximum atomic E-state index is 8.81. The summed E-state index contributed by atoms with van der Waals surface area (Å²) in [5, 5.41) is 0. The number of aldehydes is 1. The molecular formula is C14H32NO+. The molecule has 0 rings (SSSR count). The Balaban J connectivity index is 0. The van der Waals surface area contributed by atoms with Gasteiger partial charge in [0.2, 0.25) is 0 Å². The maximum absolute atomic E-state index is 8.81. The van der Waals surface area contributed by atoms with Crippen molar-refractivity contribution in [3.8, 4) is 0 Å². The van der Waals surface area contributed by atoms with E-state index in [0.717, 1.165) is 6.29 Å². The van der Waals surface area contributed by atoms with Crippen LogP contribution in [0.5, 0.6) is 0 Å². The molecule has 0 heterocycles. The van der Waals surface area contributed by atoms with Crippen LogP contribution in [0, 0.1) is 0 Å². The Hall–Kier alpha value is -0.370. The van der Waals surface area contributed by atoms with E-state index in [1.54, 1.807) is 0 Å². The second-order valence-corrected chi connectivity index (χ2v) is 4.47. The molecule has 0 saturated heterocycles. The maximum Gasteiger partial charge on any atom is 0.116 e. The summed E-state index contributed by atoms with van der Waals surface area (Å²) in [7, 11) is 0. The van der Waals surface area contributed by atoms with E-state index in [1.165, 1.54) is 63.3 Å². The van der Waals surface area contributed by atoms with Crippen molar-refractivity contribution in [1.82, 2.24) is 0 Å². The molecule has 0 spiro atoms. The smallest absolute Gasteiger partial charge is 0.116 e. The van der Waals surface area contributed by atoms with E-state index in [4.69, 9.17) is 4.79 Å². The van der Waals surface area contributed by atoms with Crippen molar-refractivity contribution >= 4 is 6.29 Å². The molecule has 16 heavy (non-hydrogen) atoms. The molecule has 0 amide bonds. The molecule has 98 valence electrons. The minimum absolute atomic E-state index is 0.750. The van der Waals surface area contributed by atoms with Crippen molar-refractivity contribution in [3.63, 3.8) is 0 Å². The van der Waals surface area contributed by atoms with E-state index in [9.17, 15) is 0 Å². The molecule has 0 unspecified atom stereocenters. The number of rotatable bonds is 8. The summed E-state index contributed by atoms with van der Waals surface area (Å²) in [6.45, 7) is 16.2. The minimum Gasteiger partial charge on any atom is -0.324 e. The van der Waals surface area contributed by atoms with E-state index >= 15 is 0 Å². The normalized spacial score (nSPS) is 10.6. The van der Waals surface area contributed by atoms with Gasteiger partial charge in [0.05, 0.1) is 26.2 Å². The highest BCUT2D eigenvalue weighted by atomic mass is 16.1. The predicted molar refractivity (Wildman–Crippen MR) is 72.6 cm³/mol. The quantitative estimate of drug-likeness (QED) is 0.459. The van der Waals surface area contributed by atoms with Gasteiger partial charge in [-0.1, -0.05) is 27.7 Å². The Morgan fingerprint density at radius 1 is 0.750 bits per heavy atom. The fourth-order valence-corrected chi connectivity index (χ4v) is 2.57. The number of hydrogen-bond donors (Lipinski definition) is 0. The van der Waals surface area contributed by atoms with Gasteiger partial charge in [0.1, 0.15) is 6.29 Å². The monoisotopic (exact) mass is 230 g/mol. The fraction of sp³-hybridized carbons (Fsp3) is 0.929. The summed E-state index contributed by atoms with van der Waals surface area (Å²) in [5.74, 6) is 0. The van der Waals surface area contributed by atoms with Crippen LogP contribution < -0.4 is 0 Å². The van der Waals surface area contributed by atoms with Gasteiger partial charge in [0, 0.05) is 0 Å². The molecule has 0 aromatic carbocycles. The highest BCUT2D eigenvalue weighted by Crippen LogP contribution is 2.12. The molecule has 0 saturated carbocycles. The van der Waals surface area contributed by atoms with Crippen LogP contribution in [0.4, 0.5) is 0 Å². The van der Waals surface area contributed by atoms with Crippen LogP contribution in [0.3, 0.4) is 0 Å². The van der Waals surface area contributed by atoms with Crippen LogP contribution in [0.2, 0.25) is 0 Å². The number of carbonyl (C=O) groups excluding carboxylic acids is 1. The lowest BCUT2D eigenvalue weighted by Gasteiger charge is -2.38. The van der Waals surface area contributed by atoms with Crippen molar-refractivity contribution in [3.05, 3.63) is 0 Å². The van der Waals surface area contributed by atoms with E-state index in [1.807, 2.05) is 0 Å². The van der Waals surface area contributed by atoms with Crippen LogP contribution in [0.25, 0.3) is 0 Å². The average Bonchev–Trinajstić information content (AvgIpc) is 2.20. The first-order valence-electron chi connectivity index (χ1n) is 6.91. The average molecular weight is 230 g/mol. The van der Waals surface area contributed by atoms with Crippen molar-refractivity contribution in [2.75, 3.05) is 26.2 Å². The van der Waals surface area contributed by atoms with Crippen LogP contribution >= 0.6 is 0 Å². The molecule has 2 heteroatoms. The molecule has 0 atom stereocenters. The first-order chi connectivity index (χ1) is 7.66. The first kappa shape index (κ1) is 18.0. The lowest BCUT2D eigenvalue weighted by atomic mass is 10.2. The zero-order chi connectivity index (χ0) is 12.9. The van der Waals surface area contributed by atoms with Gasteiger partial charge in [-0.2, -0.15) is 0 Å². The summed E-state index contributed by atoms with van der Waals surface area (Å²) in [6.07, 6.45) is 6.08. The van der Waals surface area contributed by atoms with Gasteiger partial charge in [0.15, 0.2) is 0 Å². The fourth-order valence-electron chi connectivity index (χ4n) is 2.57. The lowest BCUT2D eigenvalue weighted by molar-refractivity contribution is -0.928. The molecule has 0 fully saturated rings. The van der Waals surface area contributed by atoms with Crippen LogP contribution in [0.15, 0.2) is 0 Å². The third-order valence-corrected chi connectivity index (χ3v) is 2.79. The molecule has 0 bridgehead atoms. The summed E-state index contributed by atoms with van der Waals surface area (Å²) in [5.41, 5.74) is 0. The van der Waals surface area contributed by atoms with E-state index in [2.05, 4.69) is 27.7 Å². The van der Waals surface area contributed by atoms with Gasteiger partial charge in [-0.05, 0) is 32.6 Å². The van der Waals surface area contributed by atoms with E-state index in [-0.39, 0.29) is 0 Å². The number of quaternary nitrogens is 1. The number of nitrogens with zero attached hydrogens (tertiary/aromatic N) is 1. The number of hydrogen-bond acceptors (Lipinski definition) is 1. The molecule has 0 aliphatic carbocycles. The second-order valence-electron chi connectivity index (χ2n) is 4.47. The van der Waals surface area contributed by atoms with Gasteiger partial charge < -0.3 is 9.28 Å². The first-order valence-corrected chi connectivity index (χ1v) is 6.91. The van der Waals surface area contributed by atoms with Crippen molar-refractivity contribution in [1.29, 1.82) is 0 Å². The molecule has 2 nitrogen and oxygen atoms in total. The summed E-state index contributed by atoms with van der Waals surface area (Å²) in [4.78, 5) is 8.81. The molecule has 0 aromatic heterocycles. The Morgan fingerprint density at radius 2 is 0.938 bits per heavy atom. The SMILES string of the molecule is CC=O.CCC[N+](CCC)(CCC)CCC. The highest BCUT2D eigenvalue weighted by Gasteiger charge is 2.22. The Kier molecular flexibility index (Phi) is 14.3. The standard InChI is InChI=1S/C12H28N.C2H4O/c1-5-9-13(10-6-2,11-7-3)12-8-4;1-2-3/h5-12H2,1-4H3;2H,1H3/q+1;. The zero-order valence-electron chi connectivity index (χ0n) is 12.1. The van der Waals surface area contributed by atoms with Crippen LogP contribution in [-0.2, 0) is 4.79 Å². The van der Waals surface area contributed by atoms with Gasteiger partial charge in [-0.15, -0.1) is 0 Å². The molecule has 0 aliphatic heterocycles. The Morgan fingerprint density at radius 3 is 1.06 bits per heavy atom. The van der Waals surface area contributed by atoms with E-state index in [0.29, 0.717) is 0 Å². The third-order valence-electron chi connectivity index (χ3n) is 2.79. The van der Waals surface area contributed by atoms with Gasteiger partial charge in [0.25, 0.3) is 0 Å². The summed E-state index contributed by atoms with van der Waals surface area (Å²) < 4.78 is 1.38. The Labute approximate surface area is 103 Å². The topological polar surface area (TPSA) is 17.1 Å². The van der Waals surface area contributed by atoms with Gasteiger partial charge >= 0.3 is 0 Å². The molecule has 0 N–H and O–H groups in total. The number of carbonyl (C=O) groups is 1. The second kappa shape index (κ2) is 12.7. The lowest BCUT2D eigenvalue weighted by Crippen LogP contribution is -2.50. The van der Waals surface area contributed by atoms with Crippen LogP contribution in [0.1, 0.15) is 60.3 Å².